The number of rotatable bonds is 0. The van der Waals surface area contributed by atoms with Crippen molar-refractivity contribution in [2.75, 3.05) is 0 Å². The molecule has 32 valence electrons. The van der Waals surface area contributed by atoms with E-state index in [1.165, 1.54) is 0 Å². The Kier molecular flexibility index (Phi) is 3.45. The number of H-pyrrole nitrogens is 1. The average Bonchev–Trinajstić information content (AvgIpc) is 1.86. The number of nitrogens with zero attached hydrogens (tertiary/aromatic N) is 3. The summed E-state index contributed by atoms with van der Waals surface area (Å²) in [5.74, 6) is 0. The zero-order chi connectivity index (χ0) is 4.41. The monoisotopic (exact) mass is 124 g/mol. The Morgan fingerprint density at radius 1 is 1.57 bits per heavy atom. The van der Waals surface area contributed by atoms with Crippen LogP contribution in [0.15, 0.2) is 5.16 Å². The minimum atomic E-state index is 0. The molecule has 1 aromatic rings. The fourth-order valence-electron chi connectivity index (χ4n) is 0.153. The Morgan fingerprint density at radius 2 is 2.29 bits per heavy atom. The van der Waals surface area contributed by atoms with Crippen LogP contribution in [0.3, 0.4) is 0 Å². The van der Waals surface area contributed by atoms with Crippen LogP contribution in [0.4, 0.5) is 0 Å². The fraction of sp³-hybridized carbons (Fsp3) is 0. The second kappa shape index (κ2) is 3.31. The van der Waals surface area contributed by atoms with Crippen LogP contribution in [0.1, 0.15) is 0 Å². The first kappa shape index (κ1) is 7.29. The van der Waals surface area contributed by atoms with E-state index in [0.717, 1.165) is 0 Å². The summed E-state index contributed by atoms with van der Waals surface area (Å²) in [4.78, 5) is 0. The largest absolute Gasteiger partial charge is 1.00 e. The zero-order valence-corrected chi connectivity index (χ0v) is 6.57. The third-order valence-electron chi connectivity index (χ3n) is 0.326. The van der Waals surface area contributed by atoms with E-state index in [-0.39, 0.29) is 34.7 Å². The molecule has 1 aromatic heterocycles. The third kappa shape index (κ3) is 2.18. The molecule has 7 heavy (non-hydrogen) atoms. The first-order chi connectivity index (χ1) is 2.89. The molecular formula is CHN4NaS. The van der Waals surface area contributed by atoms with Gasteiger partial charge in [0.1, 0.15) is 0 Å². The van der Waals surface area contributed by atoms with E-state index in [9.17, 15) is 0 Å². The molecule has 0 unspecified atom stereocenters. The van der Waals surface area contributed by atoms with Crippen molar-refractivity contribution in [3.63, 3.8) is 0 Å². The molecule has 0 aliphatic carbocycles. The van der Waals surface area contributed by atoms with Gasteiger partial charge in [0, 0.05) is 0 Å². The molecule has 0 radical (unpaired) electrons. The summed E-state index contributed by atoms with van der Waals surface area (Å²) < 4.78 is 0. The molecule has 0 aliphatic rings. The van der Waals surface area contributed by atoms with Crippen molar-refractivity contribution in [3.05, 3.63) is 0 Å². The number of aromatic nitrogens is 4. The maximum atomic E-state index is 4.43. The number of hydrogen-bond acceptors (Lipinski definition) is 4. The quantitative estimate of drug-likeness (QED) is 0.284. The van der Waals surface area contributed by atoms with Gasteiger partial charge in [-0.05, 0) is 0 Å². The Bertz CT molecular complexity index is 115. The van der Waals surface area contributed by atoms with Crippen LogP contribution in [0.25, 0.3) is 0 Å². The minimum absolute atomic E-state index is 0. The van der Waals surface area contributed by atoms with Crippen LogP contribution >= 0.6 is 0 Å². The predicted octanol–water partition coefficient (Wildman–Crippen LogP) is -3.89. The molecule has 1 heterocycles. The SMILES string of the molecule is [Na+].[S-]c1nn[nH]n1. The van der Waals surface area contributed by atoms with Gasteiger partial charge in [0.15, 0.2) is 0 Å². The average molecular weight is 124 g/mol. The van der Waals surface area contributed by atoms with Gasteiger partial charge in [0.25, 0.3) is 0 Å². The molecule has 0 spiro atoms. The molecule has 0 aromatic carbocycles. The van der Waals surface area contributed by atoms with Gasteiger partial charge in [-0.2, -0.15) is 10.3 Å². The molecule has 1 rings (SSSR count). The van der Waals surface area contributed by atoms with Crippen molar-refractivity contribution in [2.24, 2.45) is 0 Å². The summed E-state index contributed by atoms with van der Waals surface area (Å²) in [6.45, 7) is 0. The molecule has 4 nitrogen and oxygen atoms in total. The van der Waals surface area contributed by atoms with Gasteiger partial charge < -0.3 is 12.6 Å². The molecule has 6 heteroatoms. The normalized spacial score (nSPS) is 7.43. The third-order valence-corrected chi connectivity index (χ3v) is 0.499. The Morgan fingerprint density at radius 3 is 2.43 bits per heavy atom. The second-order valence-electron chi connectivity index (χ2n) is 0.694. The van der Waals surface area contributed by atoms with E-state index in [1.54, 1.807) is 0 Å². The predicted molar refractivity (Wildman–Crippen MR) is 19.8 cm³/mol. The van der Waals surface area contributed by atoms with Gasteiger partial charge in [-0.15, -0.1) is 5.10 Å². The Balaban J connectivity index is 0.000000360. The van der Waals surface area contributed by atoms with Gasteiger partial charge in [0.05, 0.1) is 5.16 Å². The minimum Gasteiger partial charge on any atom is -0.736 e. The van der Waals surface area contributed by atoms with E-state index < -0.39 is 0 Å². The first-order valence-electron chi connectivity index (χ1n) is 1.30. The number of nitrogens with one attached hydrogen (secondary N) is 1. The topological polar surface area (TPSA) is 54.5 Å². The summed E-state index contributed by atoms with van der Waals surface area (Å²) >= 11 is 4.43. The Labute approximate surface area is 67.8 Å². The van der Waals surface area contributed by atoms with Gasteiger partial charge in [-0.1, -0.05) is 5.21 Å². The van der Waals surface area contributed by atoms with Gasteiger partial charge in [-0.3, -0.25) is 0 Å². The van der Waals surface area contributed by atoms with Crippen LogP contribution in [0.5, 0.6) is 0 Å². The van der Waals surface area contributed by atoms with Crippen molar-refractivity contribution in [1.29, 1.82) is 0 Å². The second-order valence-corrected chi connectivity index (χ2v) is 1.06. The van der Waals surface area contributed by atoms with Gasteiger partial charge in [0.2, 0.25) is 0 Å². The molecule has 0 aliphatic heterocycles. The molecule has 0 amide bonds. The maximum Gasteiger partial charge on any atom is 1.00 e. The van der Waals surface area contributed by atoms with Crippen LogP contribution < -0.4 is 29.6 Å². The summed E-state index contributed by atoms with van der Waals surface area (Å²) in [5, 5.41) is 12.4. The molecular weight excluding hydrogens is 123 g/mol. The van der Waals surface area contributed by atoms with E-state index in [1.807, 2.05) is 0 Å². The number of tetrazole rings is 1. The molecule has 1 N–H and O–H groups in total. The van der Waals surface area contributed by atoms with E-state index >= 15 is 0 Å². The number of hydrogen-bond donors (Lipinski definition) is 1. The standard InChI is InChI=1S/CH2N4S.Na/c6-1-2-4-5-3-1;/h(H2,2,3,4,5,6);/q;+1/p-1. The molecule has 0 bridgehead atoms. The fourth-order valence-corrected chi connectivity index (χ4v) is 0.234. The van der Waals surface area contributed by atoms with E-state index in [2.05, 4.69) is 33.3 Å². The Hall–Kier alpha value is 0.290. The van der Waals surface area contributed by atoms with Crippen molar-refractivity contribution >= 4 is 12.6 Å². The smallest absolute Gasteiger partial charge is 0.736 e. The van der Waals surface area contributed by atoms with Crippen LogP contribution in [0.2, 0.25) is 0 Å². The molecule has 0 saturated carbocycles. The van der Waals surface area contributed by atoms with Gasteiger partial charge >= 0.3 is 29.6 Å². The molecule has 0 fully saturated rings. The molecule has 0 saturated heterocycles. The maximum absolute atomic E-state index is 4.43. The van der Waals surface area contributed by atoms with Crippen molar-refractivity contribution < 1.29 is 29.6 Å². The van der Waals surface area contributed by atoms with E-state index in [0.29, 0.717) is 0 Å². The summed E-state index contributed by atoms with van der Waals surface area (Å²) in [6, 6.07) is 0. The summed E-state index contributed by atoms with van der Waals surface area (Å²) in [5.41, 5.74) is 0. The zero-order valence-electron chi connectivity index (χ0n) is 3.75. The van der Waals surface area contributed by atoms with Gasteiger partial charge in [-0.25, -0.2) is 0 Å². The van der Waals surface area contributed by atoms with Crippen molar-refractivity contribution in [2.45, 2.75) is 5.16 Å². The summed E-state index contributed by atoms with van der Waals surface area (Å²) in [7, 11) is 0. The first-order valence-corrected chi connectivity index (χ1v) is 1.71. The van der Waals surface area contributed by atoms with Crippen LogP contribution in [-0.2, 0) is 12.6 Å². The van der Waals surface area contributed by atoms with Crippen LogP contribution in [-0.4, -0.2) is 20.6 Å². The van der Waals surface area contributed by atoms with Crippen LogP contribution in [0, 0.1) is 0 Å². The summed E-state index contributed by atoms with van der Waals surface area (Å²) in [6.07, 6.45) is 0. The van der Waals surface area contributed by atoms with E-state index in [4.69, 9.17) is 0 Å². The molecule has 0 atom stereocenters. The number of aromatic amines is 1. The van der Waals surface area contributed by atoms with Crippen molar-refractivity contribution in [1.82, 2.24) is 20.6 Å². The van der Waals surface area contributed by atoms with Crippen molar-refractivity contribution in [3.8, 4) is 0 Å².